The molecule has 17 heavy (non-hydrogen) atoms. The van der Waals surface area contributed by atoms with Crippen LogP contribution in [0, 0.1) is 0 Å². The van der Waals surface area contributed by atoms with Gasteiger partial charge >= 0.3 is 0 Å². The van der Waals surface area contributed by atoms with Gasteiger partial charge in [-0.15, -0.1) is 0 Å². The van der Waals surface area contributed by atoms with Crippen LogP contribution >= 0.6 is 0 Å². The molecule has 2 rings (SSSR count). The molecule has 0 amide bonds. The molecule has 0 aromatic carbocycles. The number of aromatic nitrogens is 1. The second-order valence-corrected chi connectivity index (χ2v) is 4.87. The molecule has 1 aliphatic rings. The van der Waals surface area contributed by atoms with Gasteiger partial charge in [-0.1, -0.05) is 25.8 Å². The maximum Gasteiger partial charge on any atom is 0.128 e. The Labute approximate surface area is 104 Å². The van der Waals surface area contributed by atoms with Gasteiger partial charge in [0.1, 0.15) is 5.82 Å². The zero-order valence-corrected chi connectivity index (χ0v) is 10.7. The third-order valence-corrected chi connectivity index (χ3v) is 3.57. The molecule has 0 radical (unpaired) electrons. The van der Waals surface area contributed by atoms with Crippen molar-refractivity contribution in [3.05, 3.63) is 23.9 Å². The monoisotopic (exact) mass is 233 g/mol. The van der Waals surface area contributed by atoms with Crippen LogP contribution in [0.25, 0.3) is 0 Å². The summed E-state index contributed by atoms with van der Waals surface area (Å²) < 4.78 is 0. The number of hydrogen-bond donors (Lipinski definition) is 1. The summed E-state index contributed by atoms with van der Waals surface area (Å²) in [5.74, 6) is 1.11. The van der Waals surface area contributed by atoms with Crippen molar-refractivity contribution in [2.75, 3.05) is 18.0 Å². The van der Waals surface area contributed by atoms with Gasteiger partial charge in [-0.05, 0) is 30.9 Å². The molecule has 0 saturated carbocycles. The number of nitrogens with zero attached hydrogens (tertiary/aromatic N) is 2. The fraction of sp³-hybridized carbons (Fsp3) is 0.643. The van der Waals surface area contributed by atoms with Gasteiger partial charge in [-0.3, -0.25) is 0 Å². The number of rotatable bonds is 3. The fourth-order valence-corrected chi connectivity index (χ4v) is 2.34. The van der Waals surface area contributed by atoms with Crippen LogP contribution < -0.4 is 10.6 Å². The van der Waals surface area contributed by atoms with E-state index >= 15 is 0 Å². The van der Waals surface area contributed by atoms with Crippen molar-refractivity contribution in [2.24, 2.45) is 5.73 Å². The molecule has 1 aromatic rings. The number of hydrogen-bond acceptors (Lipinski definition) is 3. The predicted molar refractivity (Wildman–Crippen MR) is 72.1 cm³/mol. The standard InChI is InChI=1S/C14H23N3/c1-2-13(15)12-7-8-14(16-11-12)17-9-5-3-4-6-10-17/h7-8,11,13H,2-6,9-10,15H2,1H3/t13-/m0/s1. The van der Waals surface area contributed by atoms with E-state index in [0.717, 1.165) is 30.9 Å². The molecule has 1 aliphatic heterocycles. The molecule has 1 aromatic heterocycles. The lowest BCUT2D eigenvalue weighted by molar-refractivity contribution is 0.693. The Morgan fingerprint density at radius 2 is 1.94 bits per heavy atom. The second-order valence-electron chi connectivity index (χ2n) is 4.87. The Morgan fingerprint density at radius 3 is 2.47 bits per heavy atom. The fourth-order valence-electron chi connectivity index (χ4n) is 2.34. The van der Waals surface area contributed by atoms with Gasteiger partial charge < -0.3 is 10.6 Å². The van der Waals surface area contributed by atoms with Crippen LogP contribution in [0.2, 0.25) is 0 Å². The van der Waals surface area contributed by atoms with Gasteiger partial charge in [-0.25, -0.2) is 4.98 Å². The Bertz CT molecular complexity index is 326. The SMILES string of the molecule is CC[C@H](N)c1ccc(N2CCCCCC2)nc1. The van der Waals surface area contributed by atoms with E-state index in [1.807, 2.05) is 6.20 Å². The zero-order valence-electron chi connectivity index (χ0n) is 10.7. The van der Waals surface area contributed by atoms with Gasteiger partial charge in [0.25, 0.3) is 0 Å². The molecule has 0 bridgehead atoms. The van der Waals surface area contributed by atoms with Crippen LogP contribution in [0.1, 0.15) is 50.6 Å². The molecule has 0 aliphatic carbocycles. The first-order valence-electron chi connectivity index (χ1n) is 6.77. The maximum absolute atomic E-state index is 5.99. The third-order valence-electron chi connectivity index (χ3n) is 3.57. The van der Waals surface area contributed by atoms with E-state index in [1.165, 1.54) is 25.7 Å². The van der Waals surface area contributed by atoms with E-state index in [0.29, 0.717) is 0 Å². The van der Waals surface area contributed by atoms with Crippen molar-refractivity contribution in [3.8, 4) is 0 Å². The van der Waals surface area contributed by atoms with Gasteiger partial charge in [0.15, 0.2) is 0 Å². The molecule has 2 N–H and O–H groups in total. The predicted octanol–water partition coefficient (Wildman–Crippen LogP) is 2.87. The summed E-state index contributed by atoms with van der Waals surface area (Å²) in [7, 11) is 0. The average molecular weight is 233 g/mol. The molecule has 1 fully saturated rings. The van der Waals surface area contributed by atoms with Crippen molar-refractivity contribution in [2.45, 2.75) is 45.1 Å². The molecular formula is C14H23N3. The molecule has 3 nitrogen and oxygen atoms in total. The first-order valence-corrected chi connectivity index (χ1v) is 6.77. The number of nitrogens with two attached hydrogens (primary N) is 1. The molecule has 1 atom stereocenters. The molecule has 3 heteroatoms. The Hall–Kier alpha value is -1.09. The first kappa shape index (κ1) is 12.4. The van der Waals surface area contributed by atoms with Gasteiger partial charge in [0, 0.05) is 25.3 Å². The lowest BCUT2D eigenvalue weighted by Crippen LogP contribution is -2.24. The molecule has 0 spiro atoms. The molecule has 2 heterocycles. The first-order chi connectivity index (χ1) is 8.31. The van der Waals surface area contributed by atoms with Gasteiger partial charge in [0.2, 0.25) is 0 Å². The highest BCUT2D eigenvalue weighted by Crippen LogP contribution is 2.19. The summed E-state index contributed by atoms with van der Waals surface area (Å²) in [4.78, 5) is 6.96. The number of pyridine rings is 1. The lowest BCUT2D eigenvalue weighted by Gasteiger charge is -2.21. The van der Waals surface area contributed by atoms with Crippen molar-refractivity contribution in [3.63, 3.8) is 0 Å². The third kappa shape index (κ3) is 3.19. The smallest absolute Gasteiger partial charge is 0.128 e. The van der Waals surface area contributed by atoms with E-state index in [2.05, 4.69) is 28.9 Å². The molecular weight excluding hydrogens is 210 g/mol. The Balaban J connectivity index is 2.05. The van der Waals surface area contributed by atoms with Gasteiger partial charge in [-0.2, -0.15) is 0 Å². The molecule has 1 saturated heterocycles. The summed E-state index contributed by atoms with van der Waals surface area (Å²) in [6, 6.07) is 4.37. The second kappa shape index (κ2) is 6.01. The minimum Gasteiger partial charge on any atom is -0.357 e. The van der Waals surface area contributed by atoms with Crippen molar-refractivity contribution in [1.29, 1.82) is 0 Å². The highest BCUT2D eigenvalue weighted by atomic mass is 15.2. The van der Waals surface area contributed by atoms with Crippen LogP contribution in [-0.2, 0) is 0 Å². The summed E-state index contributed by atoms with van der Waals surface area (Å²) in [6.07, 6.45) is 8.19. The minimum atomic E-state index is 0.126. The van der Waals surface area contributed by atoms with E-state index in [1.54, 1.807) is 0 Å². The Morgan fingerprint density at radius 1 is 1.24 bits per heavy atom. The zero-order chi connectivity index (χ0) is 12.1. The average Bonchev–Trinajstić information content (AvgIpc) is 2.67. The van der Waals surface area contributed by atoms with Crippen LogP contribution in [0.3, 0.4) is 0 Å². The highest BCUT2D eigenvalue weighted by Gasteiger charge is 2.11. The van der Waals surface area contributed by atoms with Crippen LogP contribution in [0.15, 0.2) is 18.3 Å². The van der Waals surface area contributed by atoms with Crippen molar-refractivity contribution in [1.82, 2.24) is 4.98 Å². The van der Waals surface area contributed by atoms with Crippen LogP contribution in [0.5, 0.6) is 0 Å². The van der Waals surface area contributed by atoms with Gasteiger partial charge in [0.05, 0.1) is 0 Å². The van der Waals surface area contributed by atoms with E-state index in [9.17, 15) is 0 Å². The summed E-state index contributed by atoms with van der Waals surface area (Å²) >= 11 is 0. The van der Waals surface area contributed by atoms with Crippen LogP contribution in [0.4, 0.5) is 5.82 Å². The quantitative estimate of drug-likeness (QED) is 0.873. The van der Waals surface area contributed by atoms with E-state index < -0.39 is 0 Å². The maximum atomic E-state index is 5.99. The summed E-state index contributed by atoms with van der Waals surface area (Å²) in [5.41, 5.74) is 7.14. The summed E-state index contributed by atoms with van der Waals surface area (Å²) in [6.45, 7) is 4.39. The molecule has 94 valence electrons. The number of anilines is 1. The van der Waals surface area contributed by atoms with Crippen molar-refractivity contribution >= 4 is 5.82 Å². The van der Waals surface area contributed by atoms with E-state index in [4.69, 9.17) is 5.73 Å². The molecule has 0 unspecified atom stereocenters. The summed E-state index contributed by atoms with van der Waals surface area (Å²) in [5, 5.41) is 0. The van der Waals surface area contributed by atoms with E-state index in [-0.39, 0.29) is 6.04 Å². The topological polar surface area (TPSA) is 42.1 Å². The normalized spacial score (nSPS) is 18.8. The lowest BCUT2D eigenvalue weighted by atomic mass is 10.1. The van der Waals surface area contributed by atoms with Crippen LogP contribution in [-0.4, -0.2) is 18.1 Å². The largest absolute Gasteiger partial charge is 0.357 e. The minimum absolute atomic E-state index is 0.126. The van der Waals surface area contributed by atoms with Crippen molar-refractivity contribution < 1.29 is 0 Å². The highest BCUT2D eigenvalue weighted by molar-refractivity contribution is 5.39. The Kier molecular flexibility index (Phi) is 4.37.